The summed E-state index contributed by atoms with van der Waals surface area (Å²) in [5, 5.41) is 1.77. The van der Waals surface area contributed by atoms with E-state index in [0.717, 1.165) is 0 Å². The zero-order valence-corrected chi connectivity index (χ0v) is 13.6. The van der Waals surface area contributed by atoms with Crippen LogP contribution in [0, 0.1) is 0 Å². The Labute approximate surface area is 119 Å². The molecule has 0 aromatic carbocycles. The summed E-state index contributed by atoms with van der Waals surface area (Å²) in [5.74, 6) is 0.213. The summed E-state index contributed by atoms with van der Waals surface area (Å²) < 4.78 is 10.4. The molecule has 5 nitrogen and oxygen atoms in total. The van der Waals surface area contributed by atoms with Crippen molar-refractivity contribution < 1.29 is 19.1 Å². The Hall–Kier alpha value is -0.910. The van der Waals surface area contributed by atoms with Gasteiger partial charge in [-0.15, -0.1) is 11.8 Å². The minimum Gasteiger partial charge on any atom is -0.458 e. The van der Waals surface area contributed by atoms with Crippen LogP contribution < -0.4 is 5.32 Å². The molecule has 6 heteroatoms. The molecule has 0 aromatic heterocycles. The summed E-state index contributed by atoms with van der Waals surface area (Å²) >= 11 is 1.29. The van der Waals surface area contributed by atoms with Crippen LogP contribution in [0.2, 0.25) is 0 Å². The topological polar surface area (TPSA) is 64.6 Å². The summed E-state index contributed by atoms with van der Waals surface area (Å²) in [6.45, 7) is 12.6. The molecule has 0 bridgehead atoms. The SMILES string of the molecule is CCSC(NC(=O)OC(C)(C)C)C(=O)OC(C)(C)C. The molecule has 0 heterocycles. The first kappa shape index (κ1) is 18.1. The Morgan fingerprint density at radius 1 is 1.05 bits per heavy atom. The van der Waals surface area contributed by atoms with Gasteiger partial charge >= 0.3 is 12.1 Å². The molecular formula is C13H25NO4S. The van der Waals surface area contributed by atoms with Crippen molar-refractivity contribution >= 4 is 23.8 Å². The Bertz CT molecular complexity index is 318. The number of ether oxygens (including phenoxy) is 2. The monoisotopic (exact) mass is 291 g/mol. The standard InChI is InChI=1S/C13H25NO4S/c1-8-19-9(10(15)17-12(2,3)4)14-11(16)18-13(5,6)7/h9H,8H2,1-7H3,(H,14,16). The van der Waals surface area contributed by atoms with Crippen LogP contribution >= 0.6 is 11.8 Å². The van der Waals surface area contributed by atoms with Gasteiger partial charge < -0.3 is 9.47 Å². The molecule has 1 unspecified atom stereocenters. The molecule has 0 aliphatic rings. The zero-order valence-electron chi connectivity index (χ0n) is 12.8. The second-order valence-corrected chi connectivity index (χ2v) is 7.40. The lowest BCUT2D eigenvalue weighted by Crippen LogP contribution is -2.44. The number of amides is 1. The summed E-state index contributed by atoms with van der Waals surface area (Å²) in [4.78, 5) is 23.6. The van der Waals surface area contributed by atoms with E-state index in [0.29, 0.717) is 5.75 Å². The molecular weight excluding hydrogens is 266 g/mol. The predicted molar refractivity (Wildman–Crippen MR) is 77.1 cm³/mol. The number of carbonyl (C=O) groups is 2. The fraction of sp³-hybridized carbons (Fsp3) is 0.846. The van der Waals surface area contributed by atoms with Crippen molar-refractivity contribution in [2.24, 2.45) is 0 Å². The lowest BCUT2D eigenvalue weighted by Gasteiger charge is -2.25. The highest BCUT2D eigenvalue weighted by Gasteiger charge is 2.28. The van der Waals surface area contributed by atoms with Crippen molar-refractivity contribution in [3.63, 3.8) is 0 Å². The Kier molecular flexibility index (Phi) is 6.69. The van der Waals surface area contributed by atoms with Gasteiger partial charge in [0.25, 0.3) is 0 Å². The number of hydrogen-bond donors (Lipinski definition) is 1. The number of esters is 1. The van der Waals surface area contributed by atoms with E-state index >= 15 is 0 Å². The zero-order chi connectivity index (χ0) is 15.3. The van der Waals surface area contributed by atoms with E-state index < -0.39 is 28.6 Å². The second-order valence-electron chi connectivity index (χ2n) is 6.02. The minimum absolute atomic E-state index is 0.467. The van der Waals surface area contributed by atoms with Gasteiger partial charge in [0.2, 0.25) is 0 Å². The highest BCUT2D eigenvalue weighted by atomic mass is 32.2. The molecule has 1 atom stereocenters. The largest absolute Gasteiger partial charge is 0.458 e. The number of rotatable bonds is 4. The molecule has 19 heavy (non-hydrogen) atoms. The van der Waals surface area contributed by atoms with Crippen molar-refractivity contribution in [1.82, 2.24) is 5.32 Å². The van der Waals surface area contributed by atoms with E-state index in [1.165, 1.54) is 11.8 Å². The molecule has 0 spiro atoms. The van der Waals surface area contributed by atoms with Crippen LogP contribution in [0.1, 0.15) is 48.5 Å². The van der Waals surface area contributed by atoms with Crippen LogP contribution in [0.3, 0.4) is 0 Å². The maximum atomic E-state index is 11.9. The first-order chi connectivity index (χ1) is 8.44. The Morgan fingerprint density at radius 3 is 1.89 bits per heavy atom. The van der Waals surface area contributed by atoms with Crippen LogP contribution in [0.15, 0.2) is 0 Å². The van der Waals surface area contributed by atoms with Gasteiger partial charge in [-0.1, -0.05) is 6.92 Å². The van der Waals surface area contributed by atoms with Crippen molar-refractivity contribution in [2.75, 3.05) is 5.75 Å². The number of hydrogen-bond acceptors (Lipinski definition) is 5. The summed E-state index contributed by atoms with van der Waals surface area (Å²) in [5.41, 5.74) is -1.18. The summed E-state index contributed by atoms with van der Waals surface area (Å²) in [6.07, 6.45) is -0.621. The third-order valence-electron chi connectivity index (χ3n) is 1.60. The van der Waals surface area contributed by atoms with Crippen LogP contribution in [-0.4, -0.2) is 34.4 Å². The van der Waals surface area contributed by atoms with Gasteiger partial charge in [-0.3, -0.25) is 5.32 Å². The van der Waals surface area contributed by atoms with Crippen LogP contribution in [-0.2, 0) is 14.3 Å². The molecule has 1 N–H and O–H groups in total. The normalized spacial score (nSPS) is 13.6. The average Bonchev–Trinajstić information content (AvgIpc) is 2.10. The number of thioether (sulfide) groups is 1. The van der Waals surface area contributed by atoms with E-state index in [1.54, 1.807) is 41.5 Å². The van der Waals surface area contributed by atoms with E-state index in [9.17, 15) is 9.59 Å². The van der Waals surface area contributed by atoms with Gasteiger partial charge in [0.1, 0.15) is 11.2 Å². The molecule has 0 aliphatic heterocycles. The van der Waals surface area contributed by atoms with Gasteiger partial charge in [0, 0.05) is 0 Å². The molecule has 0 saturated heterocycles. The van der Waals surface area contributed by atoms with Crippen molar-refractivity contribution in [3.05, 3.63) is 0 Å². The Balaban J connectivity index is 4.57. The maximum absolute atomic E-state index is 11.9. The third kappa shape index (κ3) is 9.64. The smallest absolute Gasteiger partial charge is 0.409 e. The molecule has 0 fully saturated rings. The number of carbonyl (C=O) groups excluding carboxylic acids is 2. The van der Waals surface area contributed by atoms with Gasteiger partial charge in [0.15, 0.2) is 5.37 Å². The number of nitrogens with one attached hydrogen (secondary N) is 1. The van der Waals surface area contributed by atoms with Gasteiger partial charge in [-0.25, -0.2) is 9.59 Å². The third-order valence-corrected chi connectivity index (χ3v) is 2.58. The minimum atomic E-state index is -0.751. The maximum Gasteiger partial charge on any atom is 0.409 e. The second kappa shape index (κ2) is 7.03. The number of alkyl carbamates (subject to hydrolysis) is 1. The summed E-state index contributed by atoms with van der Waals surface area (Å²) in [7, 11) is 0. The lowest BCUT2D eigenvalue weighted by atomic mass is 10.2. The van der Waals surface area contributed by atoms with Crippen molar-refractivity contribution in [3.8, 4) is 0 Å². The van der Waals surface area contributed by atoms with E-state index in [1.807, 2.05) is 6.92 Å². The van der Waals surface area contributed by atoms with Crippen LogP contribution in [0.5, 0.6) is 0 Å². The van der Waals surface area contributed by atoms with Gasteiger partial charge in [0.05, 0.1) is 0 Å². The molecule has 0 saturated carbocycles. The highest BCUT2D eigenvalue weighted by molar-refractivity contribution is 8.00. The fourth-order valence-electron chi connectivity index (χ4n) is 1.11. The lowest BCUT2D eigenvalue weighted by molar-refractivity contribution is -0.154. The van der Waals surface area contributed by atoms with E-state index in [-0.39, 0.29) is 0 Å². The molecule has 0 rings (SSSR count). The van der Waals surface area contributed by atoms with E-state index in [2.05, 4.69) is 5.32 Å². The molecule has 0 aliphatic carbocycles. The highest BCUT2D eigenvalue weighted by Crippen LogP contribution is 2.16. The van der Waals surface area contributed by atoms with Crippen LogP contribution in [0.4, 0.5) is 4.79 Å². The van der Waals surface area contributed by atoms with E-state index in [4.69, 9.17) is 9.47 Å². The summed E-state index contributed by atoms with van der Waals surface area (Å²) in [6, 6.07) is 0. The quantitative estimate of drug-likeness (QED) is 0.637. The molecule has 0 aromatic rings. The first-order valence-electron chi connectivity index (χ1n) is 6.28. The molecule has 0 radical (unpaired) electrons. The van der Waals surface area contributed by atoms with Crippen molar-refractivity contribution in [1.29, 1.82) is 0 Å². The average molecular weight is 291 g/mol. The fourth-order valence-corrected chi connectivity index (χ4v) is 1.80. The molecule has 1 amide bonds. The molecule has 112 valence electrons. The predicted octanol–water partition coefficient (Wildman–Crippen LogP) is 2.93. The Morgan fingerprint density at radius 2 is 1.53 bits per heavy atom. The van der Waals surface area contributed by atoms with Crippen molar-refractivity contribution in [2.45, 2.75) is 65.0 Å². The first-order valence-corrected chi connectivity index (χ1v) is 7.33. The van der Waals surface area contributed by atoms with Gasteiger partial charge in [-0.2, -0.15) is 0 Å². The van der Waals surface area contributed by atoms with Crippen LogP contribution in [0.25, 0.3) is 0 Å². The van der Waals surface area contributed by atoms with Gasteiger partial charge in [-0.05, 0) is 47.3 Å².